The average Bonchev–Trinajstić information content (AvgIpc) is 3.59. The van der Waals surface area contributed by atoms with Crippen molar-refractivity contribution in [3.05, 3.63) is 102 Å². The van der Waals surface area contributed by atoms with Gasteiger partial charge in [0.1, 0.15) is 0 Å². The molecule has 0 aliphatic rings. The van der Waals surface area contributed by atoms with Gasteiger partial charge in [0.05, 0.1) is 29.0 Å². The number of hydrogen-bond donors (Lipinski definition) is 1. The van der Waals surface area contributed by atoms with Gasteiger partial charge in [-0.15, -0.1) is 5.10 Å². The van der Waals surface area contributed by atoms with Gasteiger partial charge in [-0.3, -0.25) is 4.79 Å². The molecule has 0 saturated heterocycles. The van der Waals surface area contributed by atoms with Crippen molar-refractivity contribution in [3.63, 3.8) is 0 Å². The van der Waals surface area contributed by atoms with E-state index in [1.807, 2.05) is 49.2 Å². The zero-order chi connectivity index (χ0) is 27.4. The highest BCUT2D eigenvalue weighted by Gasteiger charge is 2.14. The molecule has 8 nitrogen and oxygen atoms in total. The van der Waals surface area contributed by atoms with E-state index in [1.165, 1.54) is 11.1 Å². The molecule has 0 aliphatic heterocycles. The summed E-state index contributed by atoms with van der Waals surface area (Å²) in [5.41, 5.74) is 9.20. The van der Waals surface area contributed by atoms with Crippen LogP contribution in [0.4, 0.5) is 0 Å². The van der Waals surface area contributed by atoms with E-state index < -0.39 is 0 Å². The summed E-state index contributed by atoms with van der Waals surface area (Å²) < 4.78 is 3.70. The van der Waals surface area contributed by atoms with Gasteiger partial charge in [0.2, 0.25) is 5.91 Å². The van der Waals surface area contributed by atoms with Gasteiger partial charge >= 0.3 is 0 Å². The van der Waals surface area contributed by atoms with E-state index in [9.17, 15) is 4.79 Å². The number of rotatable bonds is 9. The number of aromatic nitrogens is 5. The molecule has 2 heterocycles. The van der Waals surface area contributed by atoms with Crippen LogP contribution in [0.15, 0.2) is 85.1 Å². The van der Waals surface area contributed by atoms with E-state index in [2.05, 4.69) is 82.0 Å². The normalized spacial score (nSPS) is 11.2. The van der Waals surface area contributed by atoms with Crippen molar-refractivity contribution in [1.29, 1.82) is 0 Å². The van der Waals surface area contributed by atoms with Gasteiger partial charge in [0.25, 0.3) is 0 Å². The van der Waals surface area contributed by atoms with Gasteiger partial charge in [-0.2, -0.15) is 5.10 Å². The molecule has 0 spiro atoms. The van der Waals surface area contributed by atoms with Crippen LogP contribution in [0.25, 0.3) is 33.8 Å². The van der Waals surface area contributed by atoms with Crippen molar-refractivity contribution in [3.8, 4) is 33.8 Å². The van der Waals surface area contributed by atoms with Crippen LogP contribution in [0.5, 0.6) is 0 Å². The minimum absolute atomic E-state index is 0.00168. The van der Waals surface area contributed by atoms with Crippen LogP contribution in [0.2, 0.25) is 0 Å². The summed E-state index contributed by atoms with van der Waals surface area (Å²) in [5, 5.41) is 16.2. The Morgan fingerprint density at radius 1 is 0.872 bits per heavy atom. The van der Waals surface area contributed by atoms with Gasteiger partial charge in [0, 0.05) is 31.3 Å². The summed E-state index contributed by atoms with van der Waals surface area (Å²) in [6.07, 6.45) is 2.91. The standard InChI is InChI=1S/C31H33N7O/c1-22-5-7-23(8-6-22)24-9-11-25(12-10-24)30-19-29(17-18-31(39)32-2)38(34-30)28-15-13-27(14-16-28)37-21-26(33-35-37)20-36(3)4/h5-16,19,21H,17-18,20H2,1-4H3,(H,32,39). The summed E-state index contributed by atoms with van der Waals surface area (Å²) >= 11 is 0. The molecule has 0 radical (unpaired) electrons. The average molecular weight is 520 g/mol. The predicted molar refractivity (Wildman–Crippen MR) is 154 cm³/mol. The highest BCUT2D eigenvalue weighted by molar-refractivity contribution is 5.76. The first-order chi connectivity index (χ1) is 18.9. The van der Waals surface area contributed by atoms with Crippen LogP contribution < -0.4 is 5.32 Å². The quantitative estimate of drug-likeness (QED) is 0.302. The van der Waals surface area contributed by atoms with Crippen molar-refractivity contribution in [2.45, 2.75) is 26.3 Å². The smallest absolute Gasteiger partial charge is 0.220 e. The maximum Gasteiger partial charge on any atom is 0.220 e. The molecule has 0 unspecified atom stereocenters. The third kappa shape index (κ3) is 6.13. The minimum atomic E-state index is 0.00168. The van der Waals surface area contributed by atoms with E-state index in [0.29, 0.717) is 12.8 Å². The topological polar surface area (TPSA) is 80.9 Å². The third-order valence-electron chi connectivity index (χ3n) is 6.61. The predicted octanol–water partition coefficient (Wildman–Crippen LogP) is 4.84. The summed E-state index contributed by atoms with van der Waals surface area (Å²) in [7, 11) is 5.67. The molecule has 0 bridgehead atoms. The van der Waals surface area contributed by atoms with Crippen molar-refractivity contribution < 1.29 is 4.79 Å². The first-order valence-electron chi connectivity index (χ1n) is 13.0. The molecule has 1 amide bonds. The van der Waals surface area contributed by atoms with E-state index in [0.717, 1.165) is 46.1 Å². The lowest BCUT2D eigenvalue weighted by molar-refractivity contribution is -0.120. The fourth-order valence-corrected chi connectivity index (χ4v) is 4.48. The molecule has 0 aliphatic carbocycles. The lowest BCUT2D eigenvalue weighted by atomic mass is 10.0. The second-order valence-electron chi connectivity index (χ2n) is 9.96. The molecule has 5 aromatic rings. The van der Waals surface area contributed by atoms with E-state index in [1.54, 1.807) is 11.7 Å². The third-order valence-corrected chi connectivity index (χ3v) is 6.61. The van der Waals surface area contributed by atoms with Crippen LogP contribution in [0, 0.1) is 6.92 Å². The molecule has 3 aromatic carbocycles. The number of aryl methyl sites for hydroxylation is 2. The molecule has 0 saturated carbocycles. The Hall–Kier alpha value is -4.56. The number of hydrogen-bond acceptors (Lipinski definition) is 5. The largest absolute Gasteiger partial charge is 0.359 e. The Labute approximate surface area is 228 Å². The molecule has 39 heavy (non-hydrogen) atoms. The van der Waals surface area contributed by atoms with Gasteiger partial charge in [-0.25, -0.2) is 9.36 Å². The van der Waals surface area contributed by atoms with Crippen molar-refractivity contribution in [1.82, 2.24) is 35.0 Å². The summed E-state index contributed by atoms with van der Waals surface area (Å²) in [6, 6.07) is 27.1. The fourth-order valence-electron chi connectivity index (χ4n) is 4.48. The summed E-state index contributed by atoms with van der Waals surface area (Å²) in [4.78, 5) is 14.1. The number of carbonyl (C=O) groups is 1. The van der Waals surface area contributed by atoms with Gasteiger partial charge < -0.3 is 10.2 Å². The molecule has 0 atom stereocenters. The van der Waals surface area contributed by atoms with E-state index in [4.69, 9.17) is 5.10 Å². The summed E-state index contributed by atoms with van der Waals surface area (Å²) in [6.45, 7) is 2.82. The maximum absolute atomic E-state index is 12.0. The Kier molecular flexibility index (Phi) is 7.65. The fraction of sp³-hybridized carbons (Fsp3) is 0.226. The molecular weight excluding hydrogens is 486 g/mol. The Morgan fingerprint density at radius 2 is 1.49 bits per heavy atom. The molecule has 5 rings (SSSR count). The monoisotopic (exact) mass is 519 g/mol. The number of nitrogens with one attached hydrogen (secondary N) is 1. The van der Waals surface area contributed by atoms with E-state index >= 15 is 0 Å². The molecule has 2 aromatic heterocycles. The zero-order valence-corrected chi connectivity index (χ0v) is 22.8. The number of nitrogens with zero attached hydrogens (tertiary/aromatic N) is 6. The molecular formula is C31H33N7O. The minimum Gasteiger partial charge on any atom is -0.359 e. The van der Waals surface area contributed by atoms with Crippen LogP contribution >= 0.6 is 0 Å². The van der Waals surface area contributed by atoms with Crippen LogP contribution in [0.3, 0.4) is 0 Å². The molecule has 1 N–H and O–H groups in total. The van der Waals surface area contributed by atoms with Gasteiger partial charge in [-0.1, -0.05) is 59.3 Å². The lowest BCUT2D eigenvalue weighted by Crippen LogP contribution is -2.18. The van der Waals surface area contributed by atoms with Crippen LogP contribution in [0.1, 0.15) is 23.4 Å². The van der Waals surface area contributed by atoms with Crippen LogP contribution in [-0.4, -0.2) is 56.7 Å². The van der Waals surface area contributed by atoms with Crippen molar-refractivity contribution >= 4 is 5.91 Å². The first-order valence-corrected chi connectivity index (χ1v) is 13.0. The number of amides is 1. The molecule has 198 valence electrons. The van der Waals surface area contributed by atoms with Crippen LogP contribution in [-0.2, 0) is 17.8 Å². The Bertz CT molecular complexity index is 1550. The second kappa shape index (κ2) is 11.4. The maximum atomic E-state index is 12.0. The Balaban J connectivity index is 1.43. The van der Waals surface area contributed by atoms with E-state index in [-0.39, 0.29) is 5.91 Å². The molecule has 0 fully saturated rings. The van der Waals surface area contributed by atoms with Crippen molar-refractivity contribution in [2.75, 3.05) is 21.1 Å². The highest BCUT2D eigenvalue weighted by atomic mass is 16.1. The summed E-state index contributed by atoms with van der Waals surface area (Å²) in [5.74, 6) is 0.00168. The highest BCUT2D eigenvalue weighted by Crippen LogP contribution is 2.27. The second-order valence-corrected chi connectivity index (χ2v) is 9.96. The van der Waals surface area contributed by atoms with Crippen molar-refractivity contribution in [2.24, 2.45) is 0 Å². The van der Waals surface area contributed by atoms with Gasteiger partial charge in [-0.05, 0) is 68.9 Å². The number of carbonyl (C=O) groups excluding carboxylic acids is 1. The molecule has 8 heteroatoms. The lowest BCUT2D eigenvalue weighted by Gasteiger charge is -2.09. The van der Waals surface area contributed by atoms with Gasteiger partial charge in [0.15, 0.2) is 0 Å². The number of benzene rings is 3. The SMILES string of the molecule is CNC(=O)CCc1cc(-c2ccc(-c3ccc(C)cc3)cc2)nn1-c1ccc(-n2cc(CN(C)C)nn2)cc1. The first kappa shape index (κ1) is 26.1. The zero-order valence-electron chi connectivity index (χ0n) is 22.8. The Morgan fingerprint density at radius 3 is 2.13 bits per heavy atom.